The van der Waals surface area contributed by atoms with Crippen LogP contribution in [-0.4, -0.2) is 21.4 Å². The topological polar surface area (TPSA) is 68.9 Å². The number of aromatic nitrogens is 2. The predicted molar refractivity (Wildman–Crippen MR) is 94.5 cm³/mol. The Balaban J connectivity index is 1.89. The molecule has 22 heavy (non-hydrogen) atoms. The van der Waals surface area contributed by atoms with E-state index in [1.807, 2.05) is 0 Å². The van der Waals surface area contributed by atoms with Crippen molar-refractivity contribution in [3.63, 3.8) is 0 Å². The summed E-state index contributed by atoms with van der Waals surface area (Å²) in [4.78, 5) is 11.0. The summed E-state index contributed by atoms with van der Waals surface area (Å²) < 4.78 is 1.69. The number of nitrogens with zero attached hydrogens (tertiary/aromatic N) is 2. The van der Waals surface area contributed by atoms with Gasteiger partial charge in [0.05, 0.1) is 5.25 Å². The highest BCUT2D eigenvalue weighted by molar-refractivity contribution is 8.03. The number of amides is 1. The van der Waals surface area contributed by atoms with Crippen LogP contribution in [0.1, 0.15) is 37.8 Å². The van der Waals surface area contributed by atoms with Crippen LogP contribution in [0.5, 0.6) is 0 Å². The molecule has 0 aliphatic carbocycles. The molecule has 1 heterocycles. The fourth-order valence-electron chi connectivity index (χ4n) is 1.66. The van der Waals surface area contributed by atoms with E-state index < -0.39 is 0 Å². The van der Waals surface area contributed by atoms with Crippen LogP contribution in [0.25, 0.3) is 0 Å². The van der Waals surface area contributed by atoms with Gasteiger partial charge in [0.1, 0.15) is 0 Å². The van der Waals surface area contributed by atoms with E-state index in [0.717, 1.165) is 14.4 Å². The van der Waals surface area contributed by atoms with E-state index in [9.17, 15) is 4.79 Å². The fraction of sp³-hybridized carbons (Fsp3) is 0.400. The number of primary amides is 1. The van der Waals surface area contributed by atoms with E-state index in [-0.39, 0.29) is 11.2 Å². The lowest BCUT2D eigenvalue weighted by Crippen LogP contribution is -2.22. The molecule has 118 valence electrons. The number of nitrogens with two attached hydrogens (primary N) is 1. The number of carbonyl (C=O) groups is 1. The lowest BCUT2D eigenvalue weighted by Gasteiger charge is -2.06. The number of carbonyl (C=O) groups excluding carboxylic acids is 1. The molecule has 0 aliphatic heterocycles. The van der Waals surface area contributed by atoms with Crippen LogP contribution in [0.2, 0.25) is 0 Å². The lowest BCUT2D eigenvalue weighted by atomic mass is 10.0. The van der Waals surface area contributed by atoms with Crippen molar-refractivity contribution in [1.29, 1.82) is 0 Å². The summed E-state index contributed by atoms with van der Waals surface area (Å²) in [6.07, 6.45) is 0. The highest BCUT2D eigenvalue weighted by Crippen LogP contribution is 2.32. The predicted octanol–water partition coefficient (Wildman–Crippen LogP) is 3.92. The second-order valence-electron chi connectivity index (χ2n) is 5.18. The SMILES string of the molecule is CC(Sc1nnc(SCc2ccc(C(C)C)cc2)s1)C(N)=O. The highest BCUT2D eigenvalue weighted by atomic mass is 32.2. The molecule has 2 aromatic rings. The third kappa shape index (κ3) is 5.00. The van der Waals surface area contributed by atoms with Gasteiger partial charge in [-0.2, -0.15) is 0 Å². The quantitative estimate of drug-likeness (QED) is 0.764. The zero-order valence-electron chi connectivity index (χ0n) is 12.8. The van der Waals surface area contributed by atoms with E-state index in [1.54, 1.807) is 18.7 Å². The van der Waals surface area contributed by atoms with E-state index in [0.29, 0.717) is 5.92 Å². The molecule has 1 aromatic carbocycles. The molecule has 2 rings (SSSR count). The molecule has 0 fully saturated rings. The number of thioether (sulfide) groups is 2. The Morgan fingerprint density at radius 1 is 1.18 bits per heavy atom. The Hall–Kier alpha value is -1.05. The van der Waals surface area contributed by atoms with E-state index in [2.05, 4.69) is 48.3 Å². The second-order valence-corrected chi connectivity index (χ2v) is 8.97. The minimum atomic E-state index is -0.334. The van der Waals surface area contributed by atoms with Crippen molar-refractivity contribution in [2.24, 2.45) is 5.73 Å². The molecule has 7 heteroatoms. The van der Waals surface area contributed by atoms with Crippen molar-refractivity contribution in [3.8, 4) is 0 Å². The summed E-state index contributed by atoms with van der Waals surface area (Å²) in [6, 6.07) is 8.68. The maximum Gasteiger partial charge on any atom is 0.230 e. The van der Waals surface area contributed by atoms with Crippen molar-refractivity contribution >= 4 is 40.8 Å². The molecular weight excluding hydrogens is 334 g/mol. The average molecular weight is 354 g/mol. The van der Waals surface area contributed by atoms with Crippen molar-refractivity contribution in [2.45, 2.75) is 46.4 Å². The van der Waals surface area contributed by atoms with Gasteiger partial charge in [-0.3, -0.25) is 4.79 Å². The summed E-state index contributed by atoms with van der Waals surface area (Å²) in [6.45, 7) is 6.16. The smallest absolute Gasteiger partial charge is 0.230 e. The van der Waals surface area contributed by atoms with Gasteiger partial charge in [-0.25, -0.2) is 0 Å². The first-order chi connectivity index (χ1) is 10.5. The van der Waals surface area contributed by atoms with Gasteiger partial charge < -0.3 is 5.73 Å². The number of rotatable bonds is 7. The molecule has 0 bridgehead atoms. The van der Waals surface area contributed by atoms with Gasteiger partial charge in [0.2, 0.25) is 5.91 Å². The van der Waals surface area contributed by atoms with E-state index >= 15 is 0 Å². The van der Waals surface area contributed by atoms with Gasteiger partial charge in [0.25, 0.3) is 0 Å². The monoisotopic (exact) mass is 353 g/mol. The van der Waals surface area contributed by atoms with Gasteiger partial charge in [-0.15, -0.1) is 10.2 Å². The number of hydrogen-bond acceptors (Lipinski definition) is 6. The third-order valence-corrected chi connectivity index (χ3v) is 6.41. The van der Waals surface area contributed by atoms with Crippen LogP contribution in [0.15, 0.2) is 32.9 Å². The molecule has 0 saturated carbocycles. The largest absolute Gasteiger partial charge is 0.369 e. The zero-order valence-corrected chi connectivity index (χ0v) is 15.2. The Bertz CT molecular complexity index is 625. The zero-order chi connectivity index (χ0) is 16.1. The minimum Gasteiger partial charge on any atom is -0.369 e. The molecule has 1 aromatic heterocycles. The van der Waals surface area contributed by atoms with Crippen LogP contribution in [0, 0.1) is 0 Å². The molecular formula is C15H19N3OS3. The minimum absolute atomic E-state index is 0.283. The molecule has 0 spiro atoms. The maximum atomic E-state index is 11.0. The van der Waals surface area contributed by atoms with Crippen molar-refractivity contribution in [1.82, 2.24) is 10.2 Å². The summed E-state index contributed by atoms with van der Waals surface area (Å²) in [5.74, 6) is 1.08. The number of benzene rings is 1. The molecule has 2 N–H and O–H groups in total. The molecule has 1 unspecified atom stereocenters. The van der Waals surface area contributed by atoms with Gasteiger partial charge in [0.15, 0.2) is 8.68 Å². The van der Waals surface area contributed by atoms with Crippen LogP contribution in [0.3, 0.4) is 0 Å². The molecule has 0 aliphatic rings. The van der Waals surface area contributed by atoms with Gasteiger partial charge in [-0.1, -0.05) is 73.0 Å². The third-order valence-electron chi connectivity index (χ3n) is 3.07. The lowest BCUT2D eigenvalue weighted by molar-refractivity contribution is -0.117. The average Bonchev–Trinajstić information content (AvgIpc) is 2.93. The van der Waals surface area contributed by atoms with Crippen LogP contribution >= 0.6 is 34.9 Å². The van der Waals surface area contributed by atoms with E-state index in [1.165, 1.54) is 34.2 Å². The van der Waals surface area contributed by atoms with Gasteiger partial charge >= 0.3 is 0 Å². The molecule has 1 amide bonds. The van der Waals surface area contributed by atoms with Crippen LogP contribution in [-0.2, 0) is 10.5 Å². The normalized spacial score (nSPS) is 12.5. The summed E-state index contributed by atoms with van der Waals surface area (Å²) in [7, 11) is 0. The van der Waals surface area contributed by atoms with E-state index in [4.69, 9.17) is 5.73 Å². The first-order valence-corrected chi connectivity index (χ1v) is 9.65. The number of hydrogen-bond donors (Lipinski definition) is 1. The van der Waals surface area contributed by atoms with Gasteiger partial charge in [0, 0.05) is 5.75 Å². The highest BCUT2D eigenvalue weighted by Gasteiger charge is 2.14. The maximum absolute atomic E-state index is 11.0. The molecule has 0 saturated heterocycles. The Morgan fingerprint density at radius 2 is 1.82 bits per heavy atom. The van der Waals surface area contributed by atoms with Crippen molar-refractivity contribution < 1.29 is 4.79 Å². The van der Waals surface area contributed by atoms with Crippen LogP contribution in [0.4, 0.5) is 0 Å². The Kier molecular flexibility index (Phi) is 6.28. The second kappa shape index (κ2) is 7.99. The molecule has 1 atom stereocenters. The standard InChI is InChI=1S/C15H19N3OS3/c1-9(2)12-6-4-11(5-7-12)8-20-14-17-18-15(22-14)21-10(3)13(16)19/h4-7,9-10H,8H2,1-3H3,(H2,16,19). The summed E-state index contributed by atoms with van der Waals surface area (Å²) >= 11 is 4.52. The van der Waals surface area contributed by atoms with Crippen molar-refractivity contribution in [3.05, 3.63) is 35.4 Å². The molecule has 0 radical (unpaired) electrons. The Morgan fingerprint density at radius 3 is 2.41 bits per heavy atom. The first-order valence-electron chi connectivity index (χ1n) is 6.97. The fourth-order valence-corrected chi connectivity index (χ4v) is 4.73. The summed E-state index contributed by atoms with van der Waals surface area (Å²) in [5, 5.41) is 7.96. The molecule has 4 nitrogen and oxygen atoms in total. The summed E-state index contributed by atoms with van der Waals surface area (Å²) in [5.41, 5.74) is 7.87. The van der Waals surface area contributed by atoms with Crippen molar-refractivity contribution in [2.75, 3.05) is 0 Å². The van der Waals surface area contributed by atoms with Crippen LogP contribution < -0.4 is 5.73 Å². The Labute approximate surface area is 143 Å². The van der Waals surface area contributed by atoms with Gasteiger partial charge in [-0.05, 0) is 24.0 Å². The first kappa shape index (κ1) is 17.3.